The lowest BCUT2D eigenvalue weighted by molar-refractivity contribution is 0.302. The summed E-state index contributed by atoms with van der Waals surface area (Å²) in [6.45, 7) is 2.16. The third-order valence-electron chi connectivity index (χ3n) is 6.93. The van der Waals surface area contributed by atoms with Crippen LogP contribution in [0.1, 0.15) is 49.7 Å². The number of rotatable bonds is 6. The van der Waals surface area contributed by atoms with Gasteiger partial charge in [-0.3, -0.25) is 0 Å². The SMILES string of the molecule is Cc1nc(COc2ccc(-c3nc4ccccc4n3C3CCCCC3)cc2)c(-c2ccc(Cl)cc2)o1. The van der Waals surface area contributed by atoms with Crippen LogP contribution in [0.3, 0.4) is 0 Å². The molecule has 6 heteroatoms. The summed E-state index contributed by atoms with van der Waals surface area (Å²) in [6.07, 6.45) is 6.31. The summed E-state index contributed by atoms with van der Waals surface area (Å²) < 4.78 is 14.4. The zero-order valence-corrected chi connectivity index (χ0v) is 21.0. The molecule has 36 heavy (non-hydrogen) atoms. The van der Waals surface area contributed by atoms with Crippen molar-refractivity contribution in [1.29, 1.82) is 0 Å². The van der Waals surface area contributed by atoms with Gasteiger partial charge in [0, 0.05) is 29.1 Å². The highest BCUT2D eigenvalue weighted by atomic mass is 35.5. The van der Waals surface area contributed by atoms with Crippen LogP contribution in [0.2, 0.25) is 5.02 Å². The molecule has 5 nitrogen and oxygen atoms in total. The molecule has 0 unspecified atom stereocenters. The van der Waals surface area contributed by atoms with E-state index in [4.69, 9.17) is 25.7 Å². The van der Waals surface area contributed by atoms with E-state index in [1.54, 1.807) is 0 Å². The van der Waals surface area contributed by atoms with Crippen LogP contribution in [-0.4, -0.2) is 14.5 Å². The summed E-state index contributed by atoms with van der Waals surface area (Å²) in [7, 11) is 0. The van der Waals surface area contributed by atoms with Crippen LogP contribution in [-0.2, 0) is 6.61 Å². The summed E-state index contributed by atoms with van der Waals surface area (Å²) in [5.74, 6) is 3.13. The molecule has 0 N–H and O–H groups in total. The van der Waals surface area contributed by atoms with E-state index in [2.05, 4.69) is 45.9 Å². The monoisotopic (exact) mass is 497 g/mol. The van der Waals surface area contributed by atoms with Gasteiger partial charge in [0.1, 0.15) is 23.9 Å². The maximum atomic E-state index is 6.11. The number of nitrogens with zero attached hydrogens (tertiary/aromatic N) is 3. The lowest BCUT2D eigenvalue weighted by atomic mass is 9.95. The zero-order valence-electron chi connectivity index (χ0n) is 20.3. The Labute approximate surface area is 215 Å². The predicted octanol–water partition coefficient (Wildman–Crippen LogP) is 8.40. The predicted molar refractivity (Wildman–Crippen MR) is 143 cm³/mol. The largest absolute Gasteiger partial charge is 0.487 e. The number of halogens is 1. The van der Waals surface area contributed by atoms with E-state index in [0.29, 0.717) is 29.3 Å². The van der Waals surface area contributed by atoms with E-state index in [1.807, 2.05) is 43.3 Å². The number of benzene rings is 3. The molecule has 0 radical (unpaired) electrons. The van der Waals surface area contributed by atoms with E-state index in [0.717, 1.165) is 33.9 Å². The Morgan fingerprint density at radius 1 is 0.889 bits per heavy atom. The topological polar surface area (TPSA) is 53.1 Å². The van der Waals surface area contributed by atoms with E-state index in [9.17, 15) is 0 Å². The minimum Gasteiger partial charge on any atom is -0.487 e. The van der Waals surface area contributed by atoms with Gasteiger partial charge in [-0.1, -0.05) is 43.0 Å². The van der Waals surface area contributed by atoms with Crippen molar-refractivity contribution < 1.29 is 9.15 Å². The van der Waals surface area contributed by atoms with Crippen molar-refractivity contribution in [3.05, 3.63) is 89.4 Å². The lowest BCUT2D eigenvalue weighted by Crippen LogP contribution is -2.13. The average Bonchev–Trinajstić information content (AvgIpc) is 3.49. The summed E-state index contributed by atoms with van der Waals surface area (Å²) >= 11 is 6.04. The molecule has 0 aliphatic heterocycles. The normalized spacial score (nSPS) is 14.4. The molecule has 5 aromatic rings. The first-order chi connectivity index (χ1) is 17.7. The number of oxazole rings is 1. The molecule has 1 fully saturated rings. The van der Waals surface area contributed by atoms with Gasteiger partial charge in [-0.15, -0.1) is 0 Å². The maximum absolute atomic E-state index is 6.11. The van der Waals surface area contributed by atoms with Crippen molar-refractivity contribution in [3.63, 3.8) is 0 Å². The molecule has 2 heterocycles. The smallest absolute Gasteiger partial charge is 0.192 e. The molecule has 0 atom stereocenters. The molecule has 3 aromatic carbocycles. The average molecular weight is 498 g/mol. The highest BCUT2D eigenvalue weighted by molar-refractivity contribution is 6.30. The van der Waals surface area contributed by atoms with Crippen molar-refractivity contribution in [2.24, 2.45) is 0 Å². The second-order valence-electron chi connectivity index (χ2n) is 9.41. The number of hydrogen-bond acceptors (Lipinski definition) is 4. The fourth-order valence-corrected chi connectivity index (χ4v) is 5.33. The molecule has 1 aliphatic rings. The van der Waals surface area contributed by atoms with Gasteiger partial charge in [0.25, 0.3) is 0 Å². The van der Waals surface area contributed by atoms with E-state index >= 15 is 0 Å². The van der Waals surface area contributed by atoms with Gasteiger partial charge < -0.3 is 13.7 Å². The number of aryl methyl sites for hydroxylation is 1. The summed E-state index contributed by atoms with van der Waals surface area (Å²) in [6, 6.07) is 24.7. The molecule has 0 bridgehead atoms. The Hall–Kier alpha value is -3.57. The second-order valence-corrected chi connectivity index (χ2v) is 9.85. The molecule has 0 spiro atoms. The van der Waals surface area contributed by atoms with Crippen molar-refractivity contribution in [1.82, 2.24) is 14.5 Å². The van der Waals surface area contributed by atoms with Crippen LogP contribution in [0, 0.1) is 6.92 Å². The van der Waals surface area contributed by atoms with Crippen molar-refractivity contribution in [2.75, 3.05) is 0 Å². The summed E-state index contributed by atoms with van der Waals surface area (Å²) in [5.41, 5.74) is 5.06. The van der Waals surface area contributed by atoms with E-state index in [-0.39, 0.29) is 0 Å². The van der Waals surface area contributed by atoms with Gasteiger partial charge in [0.05, 0.1) is 11.0 Å². The molecule has 2 aromatic heterocycles. The fourth-order valence-electron chi connectivity index (χ4n) is 5.20. The molecular weight excluding hydrogens is 470 g/mol. The third-order valence-corrected chi connectivity index (χ3v) is 7.19. The number of para-hydroxylation sites is 2. The molecule has 1 saturated carbocycles. The molecule has 6 rings (SSSR count). The quantitative estimate of drug-likeness (QED) is 0.236. The molecular formula is C30H28ClN3O2. The minimum atomic E-state index is 0.315. The van der Waals surface area contributed by atoms with Gasteiger partial charge in [-0.2, -0.15) is 0 Å². The Morgan fingerprint density at radius 3 is 2.39 bits per heavy atom. The lowest BCUT2D eigenvalue weighted by Gasteiger charge is -2.25. The second kappa shape index (κ2) is 9.82. The van der Waals surface area contributed by atoms with Crippen LogP contribution >= 0.6 is 11.6 Å². The van der Waals surface area contributed by atoms with Crippen molar-refractivity contribution >= 4 is 22.6 Å². The molecule has 1 aliphatic carbocycles. The number of hydrogen-bond donors (Lipinski definition) is 0. The molecule has 0 amide bonds. The summed E-state index contributed by atoms with van der Waals surface area (Å²) in [5, 5.41) is 0.685. The van der Waals surface area contributed by atoms with Gasteiger partial charge >= 0.3 is 0 Å². The Bertz CT molecular complexity index is 1480. The first-order valence-corrected chi connectivity index (χ1v) is 13.0. The zero-order chi connectivity index (χ0) is 24.5. The van der Waals surface area contributed by atoms with Gasteiger partial charge in [-0.05, 0) is 73.5 Å². The molecule has 182 valence electrons. The van der Waals surface area contributed by atoms with Gasteiger partial charge in [-0.25, -0.2) is 9.97 Å². The first-order valence-electron chi connectivity index (χ1n) is 12.6. The number of fused-ring (bicyclic) bond motifs is 1. The number of imidazole rings is 1. The van der Waals surface area contributed by atoms with Crippen LogP contribution in [0.5, 0.6) is 5.75 Å². The van der Waals surface area contributed by atoms with Crippen LogP contribution < -0.4 is 4.74 Å². The number of ether oxygens (including phenoxy) is 1. The Kier molecular flexibility index (Phi) is 6.24. The highest BCUT2D eigenvalue weighted by Gasteiger charge is 2.22. The number of aromatic nitrogens is 3. The first kappa shape index (κ1) is 22.9. The Balaban J connectivity index is 1.25. The maximum Gasteiger partial charge on any atom is 0.192 e. The van der Waals surface area contributed by atoms with Crippen LogP contribution in [0.4, 0.5) is 0 Å². The van der Waals surface area contributed by atoms with E-state index in [1.165, 1.54) is 37.6 Å². The van der Waals surface area contributed by atoms with Crippen LogP contribution in [0.25, 0.3) is 33.7 Å². The van der Waals surface area contributed by atoms with Crippen LogP contribution in [0.15, 0.2) is 77.2 Å². The van der Waals surface area contributed by atoms with Gasteiger partial charge in [0.15, 0.2) is 11.7 Å². The van der Waals surface area contributed by atoms with E-state index < -0.39 is 0 Å². The standard InChI is InChI=1S/C30H28ClN3O2/c1-20-32-27(29(36-20)21-11-15-23(31)16-12-21)19-35-25-17-13-22(14-18-25)30-33-26-9-5-6-10-28(26)34(30)24-7-3-2-4-8-24/h5-6,9-18,24H,2-4,7-8,19H2,1H3. The highest BCUT2D eigenvalue weighted by Crippen LogP contribution is 2.36. The van der Waals surface area contributed by atoms with Crippen molar-refractivity contribution in [3.8, 4) is 28.5 Å². The van der Waals surface area contributed by atoms with Gasteiger partial charge in [0.2, 0.25) is 0 Å². The Morgan fingerprint density at radius 2 is 1.61 bits per heavy atom. The fraction of sp³-hybridized carbons (Fsp3) is 0.267. The summed E-state index contributed by atoms with van der Waals surface area (Å²) in [4.78, 5) is 9.57. The molecule has 0 saturated heterocycles. The third kappa shape index (κ3) is 4.51. The minimum absolute atomic E-state index is 0.315. The van der Waals surface area contributed by atoms with Crippen molar-refractivity contribution in [2.45, 2.75) is 51.7 Å².